The van der Waals surface area contributed by atoms with E-state index in [0.717, 1.165) is 5.56 Å². The first-order chi connectivity index (χ1) is 13.3. The zero-order chi connectivity index (χ0) is 19.9. The Labute approximate surface area is 171 Å². The van der Waals surface area contributed by atoms with Crippen molar-refractivity contribution in [3.05, 3.63) is 64.9 Å². The Kier molecular flexibility index (Phi) is 5.20. The van der Waals surface area contributed by atoms with Gasteiger partial charge in [0, 0.05) is 16.0 Å². The molecule has 0 spiro atoms. The van der Waals surface area contributed by atoms with Crippen LogP contribution in [0.25, 0.3) is 0 Å². The van der Waals surface area contributed by atoms with Crippen LogP contribution in [0, 0.1) is 5.82 Å². The summed E-state index contributed by atoms with van der Waals surface area (Å²) in [6, 6.07) is 12.4. The van der Waals surface area contributed by atoms with Crippen molar-refractivity contribution in [3.63, 3.8) is 0 Å². The van der Waals surface area contributed by atoms with Crippen LogP contribution < -0.4 is 4.90 Å². The van der Waals surface area contributed by atoms with Crippen LogP contribution in [0.3, 0.4) is 0 Å². The second kappa shape index (κ2) is 7.50. The Morgan fingerprint density at radius 2 is 1.82 bits per heavy atom. The number of carbonyl (C=O) groups is 1. The minimum Gasteiger partial charge on any atom is -0.316 e. The molecule has 0 unspecified atom stereocenters. The third-order valence-electron chi connectivity index (χ3n) is 4.66. The first-order valence-electron chi connectivity index (χ1n) is 8.58. The van der Waals surface area contributed by atoms with Gasteiger partial charge in [-0.05, 0) is 42.0 Å². The van der Waals surface area contributed by atoms with E-state index in [1.54, 1.807) is 41.3 Å². The monoisotopic (exact) mass is 438 g/mol. The van der Waals surface area contributed by atoms with Crippen molar-refractivity contribution in [2.75, 3.05) is 16.4 Å². The predicted octanol–water partition coefficient (Wildman–Crippen LogP) is 3.32. The highest BCUT2D eigenvalue weighted by Crippen LogP contribution is 2.41. The molecule has 0 N–H and O–H groups in total. The number of rotatable bonds is 3. The van der Waals surface area contributed by atoms with E-state index >= 15 is 0 Å². The van der Waals surface area contributed by atoms with Gasteiger partial charge in [0.15, 0.2) is 15.0 Å². The van der Waals surface area contributed by atoms with Crippen molar-refractivity contribution < 1.29 is 17.6 Å². The third kappa shape index (κ3) is 4.09. The lowest BCUT2D eigenvalue weighted by molar-refractivity contribution is -0.117. The minimum atomic E-state index is -3.15. The first kappa shape index (κ1) is 19.4. The number of benzene rings is 2. The SMILES string of the molecule is O=C(Cc1ccc(Cl)cc1)N=C1S[C@H]2CS(=O)(=O)C[C@@H]2N1c1ccc(F)cc1. The van der Waals surface area contributed by atoms with Crippen LogP contribution in [-0.4, -0.2) is 42.3 Å². The zero-order valence-electron chi connectivity index (χ0n) is 14.6. The number of aliphatic imine (C=N–C) groups is 1. The summed E-state index contributed by atoms with van der Waals surface area (Å²) >= 11 is 7.16. The lowest BCUT2D eigenvalue weighted by Gasteiger charge is -2.24. The molecule has 9 heteroatoms. The molecule has 2 saturated heterocycles. The summed E-state index contributed by atoms with van der Waals surface area (Å²) in [5, 5.41) is 0.845. The third-order valence-corrected chi connectivity index (χ3v) is 8.12. The van der Waals surface area contributed by atoms with E-state index in [0.29, 0.717) is 15.9 Å². The van der Waals surface area contributed by atoms with Crippen molar-refractivity contribution in [2.24, 2.45) is 4.99 Å². The summed E-state index contributed by atoms with van der Waals surface area (Å²) in [5.74, 6) is -0.681. The summed E-state index contributed by atoms with van der Waals surface area (Å²) in [5.41, 5.74) is 1.41. The highest BCUT2D eigenvalue weighted by molar-refractivity contribution is 8.16. The van der Waals surface area contributed by atoms with Crippen molar-refractivity contribution in [2.45, 2.75) is 17.7 Å². The van der Waals surface area contributed by atoms with Gasteiger partial charge in [-0.3, -0.25) is 4.79 Å². The van der Waals surface area contributed by atoms with Gasteiger partial charge in [-0.1, -0.05) is 35.5 Å². The fourth-order valence-electron chi connectivity index (χ4n) is 3.39. The number of halogens is 2. The summed E-state index contributed by atoms with van der Waals surface area (Å²) in [4.78, 5) is 18.5. The van der Waals surface area contributed by atoms with E-state index in [1.807, 2.05) is 0 Å². The van der Waals surface area contributed by atoms with Crippen LogP contribution in [0.2, 0.25) is 5.02 Å². The van der Waals surface area contributed by atoms with Crippen molar-refractivity contribution >= 4 is 50.0 Å². The van der Waals surface area contributed by atoms with Crippen LogP contribution in [0.4, 0.5) is 10.1 Å². The van der Waals surface area contributed by atoms with Gasteiger partial charge in [-0.15, -0.1) is 0 Å². The van der Waals surface area contributed by atoms with Gasteiger partial charge in [0.1, 0.15) is 5.82 Å². The van der Waals surface area contributed by atoms with E-state index < -0.39 is 9.84 Å². The summed E-state index contributed by atoms with van der Waals surface area (Å²) in [6.45, 7) is 0. The number of anilines is 1. The van der Waals surface area contributed by atoms with Gasteiger partial charge in [0.25, 0.3) is 5.91 Å². The van der Waals surface area contributed by atoms with Gasteiger partial charge >= 0.3 is 0 Å². The van der Waals surface area contributed by atoms with E-state index in [9.17, 15) is 17.6 Å². The van der Waals surface area contributed by atoms with Crippen LogP contribution >= 0.6 is 23.4 Å². The second-order valence-corrected chi connectivity index (χ2v) is 10.5. The molecule has 2 aromatic rings. The van der Waals surface area contributed by atoms with Gasteiger partial charge in [-0.25, -0.2) is 12.8 Å². The molecule has 0 bridgehead atoms. The van der Waals surface area contributed by atoms with Gasteiger partial charge < -0.3 is 4.90 Å². The van der Waals surface area contributed by atoms with E-state index in [4.69, 9.17) is 11.6 Å². The van der Waals surface area contributed by atoms with E-state index in [1.165, 1.54) is 23.9 Å². The quantitative estimate of drug-likeness (QED) is 0.735. The van der Waals surface area contributed by atoms with Gasteiger partial charge in [-0.2, -0.15) is 4.99 Å². The molecule has 0 saturated carbocycles. The maximum atomic E-state index is 13.3. The molecular weight excluding hydrogens is 423 g/mol. The molecule has 4 rings (SSSR count). The lowest BCUT2D eigenvalue weighted by atomic mass is 10.1. The average molecular weight is 439 g/mol. The van der Waals surface area contributed by atoms with Crippen molar-refractivity contribution in [1.82, 2.24) is 0 Å². The Morgan fingerprint density at radius 3 is 2.50 bits per heavy atom. The number of fused-ring (bicyclic) bond motifs is 1. The van der Waals surface area contributed by atoms with Crippen molar-refractivity contribution in [3.8, 4) is 0 Å². The summed E-state index contributed by atoms with van der Waals surface area (Å²) in [6.07, 6.45) is 0.117. The zero-order valence-corrected chi connectivity index (χ0v) is 17.0. The molecule has 2 aromatic carbocycles. The molecule has 5 nitrogen and oxygen atoms in total. The number of sulfone groups is 1. The molecular formula is C19H16ClFN2O3S2. The summed E-state index contributed by atoms with van der Waals surface area (Å²) in [7, 11) is -3.15. The second-order valence-electron chi connectivity index (χ2n) is 6.74. The molecule has 2 aliphatic heterocycles. The summed E-state index contributed by atoms with van der Waals surface area (Å²) < 4.78 is 37.4. The van der Waals surface area contributed by atoms with Crippen LogP contribution in [0.1, 0.15) is 5.56 Å². The molecule has 28 heavy (non-hydrogen) atoms. The molecule has 146 valence electrons. The standard InChI is InChI=1S/C19H16ClFN2O3S2/c20-13-3-1-12(2-4-13)9-18(24)22-19-23(15-7-5-14(21)6-8-15)16-10-28(25,26)11-17(16)27-19/h1-8,16-17H,9-11H2/t16-,17-/m0/s1. The molecule has 1 amide bonds. The number of amides is 1. The molecule has 2 atom stereocenters. The number of hydrogen-bond donors (Lipinski definition) is 0. The molecule has 2 fully saturated rings. The highest BCUT2D eigenvalue weighted by atomic mass is 35.5. The highest BCUT2D eigenvalue weighted by Gasteiger charge is 2.49. The molecule has 2 aliphatic rings. The number of amidine groups is 1. The van der Waals surface area contributed by atoms with Gasteiger partial charge in [0.05, 0.1) is 24.0 Å². The number of hydrogen-bond acceptors (Lipinski definition) is 4. The van der Waals surface area contributed by atoms with E-state index in [2.05, 4.69) is 4.99 Å². The van der Waals surface area contributed by atoms with E-state index in [-0.39, 0.29) is 40.9 Å². The van der Waals surface area contributed by atoms with Crippen LogP contribution in [0.15, 0.2) is 53.5 Å². The van der Waals surface area contributed by atoms with Crippen LogP contribution in [-0.2, 0) is 21.1 Å². The Hall–Kier alpha value is -1.90. The van der Waals surface area contributed by atoms with Crippen molar-refractivity contribution in [1.29, 1.82) is 0 Å². The number of carbonyl (C=O) groups excluding carboxylic acids is 1. The van der Waals surface area contributed by atoms with Gasteiger partial charge in [0.2, 0.25) is 0 Å². The first-order valence-corrected chi connectivity index (χ1v) is 11.7. The maximum absolute atomic E-state index is 13.3. The molecule has 0 aromatic heterocycles. The normalized spacial score (nSPS) is 24.5. The van der Waals surface area contributed by atoms with Crippen LogP contribution in [0.5, 0.6) is 0 Å². The fraction of sp³-hybridized carbons (Fsp3) is 0.263. The molecule has 2 heterocycles. The molecule has 0 radical (unpaired) electrons. The number of nitrogens with zero attached hydrogens (tertiary/aromatic N) is 2. The number of thioether (sulfide) groups is 1. The minimum absolute atomic E-state index is 0.00750. The average Bonchev–Trinajstić information content (AvgIpc) is 3.09. The Bertz CT molecular complexity index is 1040. The maximum Gasteiger partial charge on any atom is 0.252 e. The lowest BCUT2D eigenvalue weighted by Crippen LogP contribution is -2.37. The Balaban J connectivity index is 1.62. The smallest absolute Gasteiger partial charge is 0.252 e. The topological polar surface area (TPSA) is 66.8 Å². The predicted molar refractivity (Wildman–Crippen MR) is 110 cm³/mol. The Morgan fingerprint density at radius 1 is 1.14 bits per heavy atom. The fourth-order valence-corrected chi connectivity index (χ4v) is 7.45. The largest absolute Gasteiger partial charge is 0.316 e. The molecule has 0 aliphatic carbocycles.